The van der Waals surface area contributed by atoms with E-state index in [-0.39, 0.29) is 5.63 Å². The van der Waals surface area contributed by atoms with Crippen LogP contribution in [0.1, 0.15) is 13.3 Å². The summed E-state index contributed by atoms with van der Waals surface area (Å²) >= 11 is 0. The minimum atomic E-state index is -0.338. The Kier molecular flexibility index (Phi) is 4.94. The first kappa shape index (κ1) is 13.0. The second-order valence-corrected chi connectivity index (χ2v) is 3.30. The molecule has 0 aliphatic rings. The van der Waals surface area contributed by atoms with Crippen LogP contribution in [0.2, 0.25) is 0 Å². The Hall–Kier alpha value is -2.10. The Bertz CT molecular complexity index is 530. The highest BCUT2D eigenvalue weighted by Gasteiger charge is 1.99. The maximum atomic E-state index is 11.0. The van der Waals surface area contributed by atoms with Crippen molar-refractivity contribution in [3.63, 3.8) is 0 Å². The third kappa shape index (κ3) is 3.45. The van der Waals surface area contributed by atoms with Crippen LogP contribution in [0.15, 0.2) is 39.5 Å². The maximum Gasteiger partial charge on any atom is 0.336 e. The van der Waals surface area contributed by atoms with E-state index in [0.29, 0.717) is 12.2 Å². The molecule has 90 valence electrons. The molecular weight excluding hydrogens is 220 g/mol. The van der Waals surface area contributed by atoms with E-state index < -0.39 is 0 Å². The van der Waals surface area contributed by atoms with Crippen LogP contribution in [0.25, 0.3) is 11.0 Å². The summed E-state index contributed by atoms with van der Waals surface area (Å²) in [4.78, 5) is 19.0. The fraction of sp³-hybridized carbons (Fsp3) is 0.231. The largest absolute Gasteiger partial charge is 0.493 e. The van der Waals surface area contributed by atoms with Crippen LogP contribution in [0.5, 0.6) is 5.75 Å². The zero-order chi connectivity index (χ0) is 12.7. The van der Waals surface area contributed by atoms with Crippen molar-refractivity contribution < 1.29 is 13.9 Å². The number of carbonyl (C=O) groups excluding carboxylic acids is 1. The van der Waals surface area contributed by atoms with Crippen molar-refractivity contribution in [2.75, 3.05) is 6.61 Å². The summed E-state index contributed by atoms with van der Waals surface area (Å²) in [6, 6.07) is 8.65. The third-order valence-electron chi connectivity index (χ3n) is 2.07. The number of hydrogen-bond donors (Lipinski definition) is 0. The SMILES string of the molecule is C=O.CCCOc1ccc2ccc(=O)oc2c1. The van der Waals surface area contributed by atoms with Crippen LogP contribution in [-0.4, -0.2) is 13.4 Å². The summed E-state index contributed by atoms with van der Waals surface area (Å²) in [7, 11) is 0. The van der Waals surface area contributed by atoms with Gasteiger partial charge in [0, 0.05) is 17.5 Å². The van der Waals surface area contributed by atoms with Crippen LogP contribution in [-0.2, 0) is 4.79 Å². The van der Waals surface area contributed by atoms with Crippen LogP contribution >= 0.6 is 0 Å². The van der Waals surface area contributed by atoms with Gasteiger partial charge in [0.2, 0.25) is 0 Å². The lowest BCUT2D eigenvalue weighted by Gasteiger charge is -2.04. The zero-order valence-corrected chi connectivity index (χ0v) is 9.64. The Balaban J connectivity index is 0.000000686. The Labute approximate surface area is 98.8 Å². The average molecular weight is 234 g/mol. The number of benzene rings is 1. The van der Waals surface area contributed by atoms with Crippen molar-refractivity contribution in [3.05, 3.63) is 40.8 Å². The fourth-order valence-electron chi connectivity index (χ4n) is 1.35. The second-order valence-electron chi connectivity index (χ2n) is 3.30. The Morgan fingerprint density at radius 1 is 1.24 bits per heavy atom. The molecule has 1 aromatic heterocycles. The van der Waals surface area contributed by atoms with Gasteiger partial charge in [0.05, 0.1) is 6.61 Å². The fourth-order valence-corrected chi connectivity index (χ4v) is 1.35. The monoisotopic (exact) mass is 234 g/mol. The van der Waals surface area contributed by atoms with E-state index in [9.17, 15) is 4.79 Å². The minimum Gasteiger partial charge on any atom is -0.493 e. The van der Waals surface area contributed by atoms with Gasteiger partial charge in [-0.1, -0.05) is 6.92 Å². The van der Waals surface area contributed by atoms with Gasteiger partial charge >= 0.3 is 5.63 Å². The summed E-state index contributed by atoms with van der Waals surface area (Å²) in [5.74, 6) is 0.735. The van der Waals surface area contributed by atoms with Crippen molar-refractivity contribution in [1.82, 2.24) is 0 Å². The van der Waals surface area contributed by atoms with Crippen molar-refractivity contribution in [2.24, 2.45) is 0 Å². The number of fused-ring (bicyclic) bond motifs is 1. The molecule has 0 N–H and O–H groups in total. The van der Waals surface area contributed by atoms with Crippen molar-refractivity contribution >= 4 is 17.8 Å². The van der Waals surface area contributed by atoms with E-state index in [1.807, 2.05) is 25.8 Å². The predicted molar refractivity (Wildman–Crippen MR) is 65.4 cm³/mol. The molecule has 2 rings (SSSR count). The molecule has 0 aliphatic heterocycles. The van der Waals surface area contributed by atoms with Gasteiger partial charge in [-0.05, 0) is 24.6 Å². The molecule has 0 saturated carbocycles. The summed E-state index contributed by atoms with van der Waals surface area (Å²) < 4.78 is 10.5. The second kappa shape index (κ2) is 6.48. The molecular formula is C13H14O4. The molecule has 0 unspecified atom stereocenters. The van der Waals surface area contributed by atoms with Gasteiger partial charge in [-0.15, -0.1) is 0 Å². The molecule has 4 nitrogen and oxygen atoms in total. The summed E-state index contributed by atoms with van der Waals surface area (Å²) in [5, 5.41) is 0.901. The number of ether oxygens (including phenoxy) is 1. The summed E-state index contributed by atoms with van der Waals surface area (Å²) in [5.41, 5.74) is 0.228. The first-order chi connectivity index (χ1) is 8.29. The van der Waals surface area contributed by atoms with E-state index in [4.69, 9.17) is 13.9 Å². The molecule has 1 aromatic carbocycles. The van der Waals surface area contributed by atoms with Crippen LogP contribution in [0.4, 0.5) is 0 Å². The number of carbonyl (C=O) groups is 1. The number of rotatable bonds is 3. The topological polar surface area (TPSA) is 56.5 Å². The molecule has 0 bridgehead atoms. The summed E-state index contributed by atoms with van der Waals surface area (Å²) in [6.45, 7) is 4.71. The van der Waals surface area contributed by atoms with Crippen LogP contribution in [0.3, 0.4) is 0 Å². The molecule has 2 aromatic rings. The average Bonchev–Trinajstić information content (AvgIpc) is 2.38. The molecule has 0 radical (unpaired) electrons. The van der Waals surface area contributed by atoms with Crippen molar-refractivity contribution in [3.8, 4) is 5.75 Å². The van der Waals surface area contributed by atoms with E-state index in [1.165, 1.54) is 6.07 Å². The van der Waals surface area contributed by atoms with Crippen molar-refractivity contribution in [1.29, 1.82) is 0 Å². The van der Waals surface area contributed by atoms with E-state index >= 15 is 0 Å². The lowest BCUT2D eigenvalue weighted by atomic mass is 10.2. The minimum absolute atomic E-state index is 0.338. The quantitative estimate of drug-likeness (QED) is 0.765. The first-order valence-electron chi connectivity index (χ1n) is 5.25. The Morgan fingerprint density at radius 2 is 1.94 bits per heavy atom. The normalized spacial score (nSPS) is 9.47. The van der Waals surface area contributed by atoms with Gasteiger partial charge in [-0.25, -0.2) is 4.79 Å². The molecule has 0 aliphatic carbocycles. The molecule has 4 heteroatoms. The van der Waals surface area contributed by atoms with Gasteiger partial charge in [0.1, 0.15) is 18.1 Å². The van der Waals surface area contributed by atoms with Gasteiger partial charge in [-0.3, -0.25) is 0 Å². The van der Waals surface area contributed by atoms with E-state index in [1.54, 1.807) is 12.1 Å². The lowest BCUT2D eigenvalue weighted by Crippen LogP contribution is -1.97. The third-order valence-corrected chi connectivity index (χ3v) is 2.07. The summed E-state index contributed by atoms with van der Waals surface area (Å²) in [6.07, 6.45) is 0.955. The highest BCUT2D eigenvalue weighted by molar-refractivity contribution is 5.77. The van der Waals surface area contributed by atoms with Crippen molar-refractivity contribution in [2.45, 2.75) is 13.3 Å². The molecule has 0 spiro atoms. The molecule has 17 heavy (non-hydrogen) atoms. The molecule has 0 fully saturated rings. The standard InChI is InChI=1S/C12H12O3.CH2O/c1-2-7-14-10-5-3-9-4-6-12(13)15-11(9)8-10;1-2/h3-6,8H,2,7H2,1H3;1H2. The predicted octanol–water partition coefficient (Wildman–Crippen LogP) is 2.40. The highest BCUT2D eigenvalue weighted by Crippen LogP contribution is 2.19. The maximum absolute atomic E-state index is 11.0. The molecule has 0 saturated heterocycles. The van der Waals surface area contributed by atoms with Gasteiger partial charge in [0.15, 0.2) is 0 Å². The van der Waals surface area contributed by atoms with E-state index in [2.05, 4.69) is 0 Å². The smallest absolute Gasteiger partial charge is 0.336 e. The van der Waals surface area contributed by atoms with Crippen LogP contribution in [0, 0.1) is 0 Å². The van der Waals surface area contributed by atoms with E-state index in [0.717, 1.165) is 17.6 Å². The molecule has 0 atom stereocenters. The molecule has 0 amide bonds. The van der Waals surface area contributed by atoms with Gasteiger partial charge in [0.25, 0.3) is 0 Å². The molecule has 1 heterocycles. The number of hydrogen-bond acceptors (Lipinski definition) is 4. The van der Waals surface area contributed by atoms with Gasteiger partial charge < -0.3 is 13.9 Å². The Morgan fingerprint density at radius 3 is 2.65 bits per heavy atom. The zero-order valence-electron chi connectivity index (χ0n) is 9.64. The van der Waals surface area contributed by atoms with Gasteiger partial charge in [-0.2, -0.15) is 0 Å². The lowest BCUT2D eigenvalue weighted by molar-refractivity contribution is -0.0979. The van der Waals surface area contributed by atoms with Crippen LogP contribution < -0.4 is 10.4 Å². The first-order valence-corrected chi connectivity index (χ1v) is 5.25. The highest BCUT2D eigenvalue weighted by atomic mass is 16.5.